The SMILES string of the molecule is C=C1N=C(N)C=CN1C1OC(COP(=O)(NCc2ccccc2)OCc2ccccc2C)C(O)C1(F)F. The summed E-state index contributed by atoms with van der Waals surface area (Å²) in [6.07, 6.45) is -3.12. The van der Waals surface area contributed by atoms with Crippen molar-refractivity contribution in [1.82, 2.24) is 9.99 Å². The first-order valence-electron chi connectivity index (χ1n) is 11.5. The minimum Gasteiger partial charge on any atom is -0.384 e. The van der Waals surface area contributed by atoms with Crippen LogP contribution in [0.5, 0.6) is 0 Å². The van der Waals surface area contributed by atoms with Crippen molar-refractivity contribution in [1.29, 1.82) is 0 Å². The number of alkyl halides is 2. The second-order valence-electron chi connectivity index (χ2n) is 8.64. The van der Waals surface area contributed by atoms with Gasteiger partial charge in [0.15, 0.2) is 6.10 Å². The maximum Gasteiger partial charge on any atom is 0.406 e. The highest BCUT2D eigenvalue weighted by molar-refractivity contribution is 7.51. The first-order valence-corrected chi connectivity index (χ1v) is 13.1. The van der Waals surface area contributed by atoms with Crippen LogP contribution >= 0.6 is 7.75 Å². The Kier molecular flexibility index (Phi) is 8.23. The van der Waals surface area contributed by atoms with Crippen LogP contribution in [0.25, 0.3) is 0 Å². The maximum atomic E-state index is 15.0. The molecule has 1 fully saturated rings. The summed E-state index contributed by atoms with van der Waals surface area (Å²) in [5.41, 5.74) is 8.10. The standard InChI is InChI=1S/C25H29F2N4O5P/c1-17-8-6-7-11-20(17)15-34-37(33,29-14-19-9-4-3-5-10-19)35-16-21-23(32)25(26,27)24(36-21)31-13-12-22(28)30-18(31)2/h3-13,21,23-24,32H,2,14-16H2,1H3,(H2,28,30)(H,29,33). The quantitative estimate of drug-likeness (QED) is 0.394. The molecule has 12 heteroatoms. The van der Waals surface area contributed by atoms with Gasteiger partial charge in [0.2, 0.25) is 6.23 Å². The third kappa shape index (κ3) is 6.32. The molecule has 2 aromatic rings. The lowest BCUT2D eigenvalue weighted by atomic mass is 10.1. The van der Waals surface area contributed by atoms with Gasteiger partial charge in [0, 0.05) is 12.7 Å². The van der Waals surface area contributed by atoms with Crippen molar-refractivity contribution >= 4 is 13.6 Å². The maximum absolute atomic E-state index is 15.0. The van der Waals surface area contributed by atoms with E-state index < -0.39 is 38.7 Å². The monoisotopic (exact) mass is 534 g/mol. The predicted molar refractivity (Wildman–Crippen MR) is 134 cm³/mol. The zero-order valence-corrected chi connectivity index (χ0v) is 21.1. The van der Waals surface area contributed by atoms with E-state index in [-0.39, 0.29) is 24.8 Å². The summed E-state index contributed by atoms with van der Waals surface area (Å²) in [6.45, 7) is 4.95. The number of ether oxygens (including phenoxy) is 1. The van der Waals surface area contributed by atoms with Crippen molar-refractivity contribution in [3.05, 3.63) is 96.0 Å². The van der Waals surface area contributed by atoms with Gasteiger partial charge in [-0.15, -0.1) is 0 Å². The number of nitrogens with zero attached hydrogens (tertiary/aromatic N) is 2. The van der Waals surface area contributed by atoms with E-state index in [1.165, 1.54) is 12.3 Å². The van der Waals surface area contributed by atoms with E-state index in [2.05, 4.69) is 16.7 Å². The van der Waals surface area contributed by atoms with E-state index in [1.807, 2.05) is 61.5 Å². The Hall–Kier alpha value is -2.92. The lowest BCUT2D eigenvalue weighted by Gasteiger charge is -2.31. The van der Waals surface area contributed by atoms with E-state index in [4.69, 9.17) is 19.5 Å². The topological polar surface area (TPSA) is 119 Å². The molecule has 0 aliphatic carbocycles. The Morgan fingerprint density at radius 3 is 2.62 bits per heavy atom. The molecule has 0 amide bonds. The minimum absolute atomic E-state index is 0.0452. The molecule has 0 aromatic heterocycles. The van der Waals surface area contributed by atoms with Gasteiger partial charge in [-0.25, -0.2) is 14.6 Å². The summed E-state index contributed by atoms with van der Waals surface area (Å²) >= 11 is 0. The van der Waals surface area contributed by atoms with Gasteiger partial charge in [0.25, 0.3) is 0 Å². The highest BCUT2D eigenvalue weighted by Crippen LogP contribution is 2.47. The number of nitrogens with one attached hydrogen (secondary N) is 1. The van der Waals surface area contributed by atoms with E-state index in [1.54, 1.807) is 0 Å². The second kappa shape index (κ2) is 11.2. The van der Waals surface area contributed by atoms with Crippen LogP contribution in [0.2, 0.25) is 0 Å². The van der Waals surface area contributed by atoms with Gasteiger partial charge in [-0.3, -0.25) is 9.05 Å². The molecule has 1 saturated heterocycles. The number of hydrogen-bond donors (Lipinski definition) is 3. The highest BCUT2D eigenvalue weighted by atomic mass is 31.2. The van der Waals surface area contributed by atoms with Crippen LogP contribution in [0.4, 0.5) is 8.78 Å². The molecule has 2 aromatic carbocycles. The van der Waals surface area contributed by atoms with Crippen molar-refractivity contribution in [3.8, 4) is 0 Å². The number of halogens is 2. The third-order valence-corrected chi connectivity index (χ3v) is 7.48. The van der Waals surface area contributed by atoms with E-state index in [0.29, 0.717) is 0 Å². The van der Waals surface area contributed by atoms with Crippen molar-refractivity contribution < 1.29 is 32.2 Å². The summed E-state index contributed by atoms with van der Waals surface area (Å²) in [6, 6.07) is 16.5. The number of benzene rings is 2. The molecule has 0 spiro atoms. The molecule has 4 N–H and O–H groups in total. The van der Waals surface area contributed by atoms with Crippen LogP contribution in [0.15, 0.2) is 84.3 Å². The van der Waals surface area contributed by atoms with Crippen LogP contribution in [0.3, 0.4) is 0 Å². The molecule has 0 radical (unpaired) electrons. The molecular weight excluding hydrogens is 505 g/mol. The Morgan fingerprint density at radius 2 is 1.92 bits per heavy atom. The number of aliphatic imine (C=N–C) groups is 1. The number of rotatable bonds is 10. The predicted octanol–water partition coefficient (Wildman–Crippen LogP) is 3.80. The van der Waals surface area contributed by atoms with Gasteiger partial charge in [0.05, 0.1) is 13.2 Å². The summed E-state index contributed by atoms with van der Waals surface area (Å²) in [7, 11) is -4.03. The number of aliphatic hydroxyl groups is 1. The average Bonchev–Trinajstić information content (AvgIpc) is 3.10. The van der Waals surface area contributed by atoms with Gasteiger partial charge in [-0.05, 0) is 29.7 Å². The lowest BCUT2D eigenvalue weighted by Crippen LogP contribution is -2.47. The normalized spacial score (nSPS) is 24.6. The number of aliphatic hydroxyl groups excluding tert-OH is 1. The summed E-state index contributed by atoms with van der Waals surface area (Å²) in [4.78, 5) is 4.83. The fraction of sp³-hybridized carbons (Fsp3) is 0.320. The summed E-state index contributed by atoms with van der Waals surface area (Å²) in [5, 5.41) is 13.1. The number of hydrogen-bond acceptors (Lipinski definition) is 8. The van der Waals surface area contributed by atoms with Crippen molar-refractivity contribution in [3.63, 3.8) is 0 Å². The van der Waals surface area contributed by atoms with Gasteiger partial charge in [-0.1, -0.05) is 61.2 Å². The number of aryl methyl sites for hydroxylation is 1. The average molecular weight is 535 g/mol. The smallest absolute Gasteiger partial charge is 0.384 e. The Morgan fingerprint density at radius 1 is 1.22 bits per heavy atom. The van der Waals surface area contributed by atoms with Crippen molar-refractivity contribution in [2.75, 3.05) is 6.61 Å². The van der Waals surface area contributed by atoms with Gasteiger partial charge in [-0.2, -0.15) is 8.78 Å². The Balaban J connectivity index is 1.46. The third-order valence-electron chi connectivity index (χ3n) is 5.97. The molecular formula is C25H29F2N4O5P. The highest BCUT2D eigenvalue weighted by Gasteiger charge is 2.61. The van der Waals surface area contributed by atoms with Crippen LogP contribution in [0.1, 0.15) is 16.7 Å². The molecule has 0 bridgehead atoms. The second-order valence-corrected chi connectivity index (χ2v) is 10.5. The molecule has 2 aliphatic heterocycles. The van der Waals surface area contributed by atoms with Crippen LogP contribution in [-0.2, 0) is 31.5 Å². The number of nitrogens with two attached hydrogens (primary N) is 1. The first-order chi connectivity index (χ1) is 17.6. The van der Waals surface area contributed by atoms with Crippen LogP contribution in [0, 0.1) is 6.92 Å². The molecule has 2 aliphatic rings. The van der Waals surface area contributed by atoms with Crippen LogP contribution < -0.4 is 10.8 Å². The van der Waals surface area contributed by atoms with E-state index in [9.17, 15) is 18.5 Å². The molecule has 9 nitrogen and oxygen atoms in total. The van der Waals surface area contributed by atoms with Gasteiger partial charge < -0.3 is 20.5 Å². The van der Waals surface area contributed by atoms with E-state index >= 15 is 0 Å². The van der Waals surface area contributed by atoms with Crippen molar-refractivity contribution in [2.24, 2.45) is 10.7 Å². The Bertz CT molecular complexity index is 1230. The summed E-state index contributed by atoms with van der Waals surface area (Å²) in [5.74, 6) is -3.69. The molecule has 2 heterocycles. The van der Waals surface area contributed by atoms with Crippen LogP contribution in [-0.4, -0.2) is 46.8 Å². The Labute approximate surface area is 213 Å². The fourth-order valence-electron chi connectivity index (χ4n) is 3.82. The van der Waals surface area contributed by atoms with Gasteiger partial charge >= 0.3 is 13.7 Å². The van der Waals surface area contributed by atoms with Gasteiger partial charge in [0.1, 0.15) is 17.8 Å². The summed E-state index contributed by atoms with van der Waals surface area (Å²) < 4.78 is 60.2. The zero-order valence-electron chi connectivity index (χ0n) is 20.2. The molecule has 37 heavy (non-hydrogen) atoms. The zero-order chi connectivity index (χ0) is 26.6. The molecule has 0 saturated carbocycles. The van der Waals surface area contributed by atoms with E-state index in [0.717, 1.165) is 21.6 Å². The lowest BCUT2D eigenvalue weighted by molar-refractivity contribution is -0.148. The molecule has 4 unspecified atom stereocenters. The largest absolute Gasteiger partial charge is 0.406 e. The molecule has 4 rings (SSSR count). The molecule has 4 atom stereocenters. The minimum atomic E-state index is -4.03. The fourth-order valence-corrected chi connectivity index (χ4v) is 5.10. The number of amidine groups is 1. The van der Waals surface area contributed by atoms with Crippen molar-refractivity contribution in [2.45, 2.75) is 44.4 Å². The first kappa shape index (κ1) is 27.1. The molecule has 198 valence electrons.